The zero-order chi connectivity index (χ0) is 18.8. The number of nitrogens with two attached hydrogens (primary N) is 1. The van der Waals surface area contributed by atoms with Crippen LogP contribution in [-0.4, -0.2) is 37.1 Å². The number of hydrogen-bond acceptors (Lipinski definition) is 5. The predicted octanol–water partition coefficient (Wildman–Crippen LogP) is 1.95. The Hall–Kier alpha value is -3.14. The van der Waals surface area contributed by atoms with Gasteiger partial charge < -0.3 is 15.6 Å². The van der Waals surface area contributed by atoms with Crippen LogP contribution in [0.4, 0.5) is 15.1 Å². The van der Waals surface area contributed by atoms with E-state index in [1.165, 1.54) is 6.07 Å². The molecule has 0 saturated heterocycles. The monoisotopic (exact) mass is 373 g/mol. The van der Waals surface area contributed by atoms with Crippen LogP contribution >= 0.6 is 12.2 Å². The number of nitrogens with one attached hydrogen (secondary N) is 2. The molecule has 2 aromatic heterocycles. The molecule has 0 saturated carbocycles. The Morgan fingerprint density at radius 1 is 1.31 bits per heavy atom. The number of aromatic nitrogens is 4. The van der Waals surface area contributed by atoms with Crippen LogP contribution in [0.15, 0.2) is 24.3 Å². The molecule has 1 aromatic carbocycles. The van der Waals surface area contributed by atoms with Crippen molar-refractivity contribution in [3.8, 4) is 11.3 Å². The molecule has 0 atom stereocenters. The number of benzene rings is 1. The van der Waals surface area contributed by atoms with Crippen molar-refractivity contribution in [2.24, 2.45) is 12.8 Å². The van der Waals surface area contributed by atoms with E-state index in [1.54, 1.807) is 36.7 Å². The lowest BCUT2D eigenvalue weighted by Crippen LogP contribution is -2.29. The van der Waals surface area contributed by atoms with Crippen LogP contribution in [0.5, 0.6) is 0 Å². The third kappa shape index (κ3) is 3.18. The summed E-state index contributed by atoms with van der Waals surface area (Å²) < 4.78 is 15.9. The van der Waals surface area contributed by atoms with E-state index < -0.39 is 11.8 Å². The van der Waals surface area contributed by atoms with Gasteiger partial charge in [0.05, 0.1) is 0 Å². The molecule has 8 nitrogen and oxygen atoms in total. The lowest BCUT2D eigenvalue weighted by atomic mass is 10.1. The Morgan fingerprint density at radius 3 is 2.69 bits per heavy atom. The first-order valence-corrected chi connectivity index (χ1v) is 8.17. The van der Waals surface area contributed by atoms with Crippen molar-refractivity contribution in [3.05, 3.63) is 35.9 Å². The van der Waals surface area contributed by atoms with Crippen LogP contribution in [0, 0.1) is 5.82 Å². The number of fused-ring (bicyclic) bond motifs is 1. The van der Waals surface area contributed by atoms with Gasteiger partial charge in [0.25, 0.3) is 0 Å². The Labute approximate surface area is 153 Å². The molecule has 0 aliphatic heterocycles. The van der Waals surface area contributed by atoms with Gasteiger partial charge in [0.1, 0.15) is 22.0 Å². The number of aryl methyl sites for hydroxylation is 1. The molecule has 0 spiro atoms. The van der Waals surface area contributed by atoms with E-state index in [4.69, 9.17) is 18.0 Å². The molecule has 134 valence electrons. The average Bonchev–Trinajstić information content (AvgIpc) is 2.92. The van der Waals surface area contributed by atoms with E-state index in [0.717, 1.165) is 0 Å². The van der Waals surface area contributed by atoms with Crippen LogP contribution < -0.4 is 16.4 Å². The van der Waals surface area contributed by atoms with Crippen molar-refractivity contribution in [3.63, 3.8) is 0 Å². The molecule has 3 aromatic rings. The van der Waals surface area contributed by atoms with E-state index in [9.17, 15) is 9.18 Å². The summed E-state index contributed by atoms with van der Waals surface area (Å²) in [5.74, 6) is -0.143. The van der Waals surface area contributed by atoms with Gasteiger partial charge in [0.2, 0.25) is 5.95 Å². The van der Waals surface area contributed by atoms with Crippen molar-refractivity contribution in [2.75, 3.05) is 11.9 Å². The van der Waals surface area contributed by atoms with E-state index in [1.807, 2.05) is 0 Å². The van der Waals surface area contributed by atoms with Crippen molar-refractivity contribution in [2.45, 2.75) is 6.92 Å². The minimum Gasteiger partial charge on any atom is -0.387 e. The molecule has 0 fully saturated rings. The third-order valence-electron chi connectivity index (χ3n) is 3.63. The molecule has 10 heteroatoms. The maximum absolute atomic E-state index is 14.3. The summed E-state index contributed by atoms with van der Waals surface area (Å²) >= 11 is 5.01. The van der Waals surface area contributed by atoms with Crippen molar-refractivity contribution in [1.29, 1.82) is 0 Å². The number of rotatable bonds is 4. The number of thiocarbonyl (C=S) groups is 1. The van der Waals surface area contributed by atoms with E-state index >= 15 is 0 Å². The first-order chi connectivity index (χ1) is 12.4. The van der Waals surface area contributed by atoms with Gasteiger partial charge in [-0.2, -0.15) is 4.98 Å². The lowest BCUT2D eigenvalue weighted by molar-refractivity contribution is 0.252. The number of halogens is 1. The second-order valence-electron chi connectivity index (χ2n) is 5.39. The van der Waals surface area contributed by atoms with Crippen LogP contribution in [0.25, 0.3) is 22.4 Å². The minimum absolute atomic E-state index is 0.0131. The van der Waals surface area contributed by atoms with Gasteiger partial charge in [-0.25, -0.2) is 19.2 Å². The quantitative estimate of drug-likeness (QED) is 0.603. The molecule has 4 N–H and O–H groups in total. The summed E-state index contributed by atoms with van der Waals surface area (Å²) in [4.78, 5) is 24.8. The molecule has 0 bridgehead atoms. The number of carbonyl (C=O) groups is 1. The highest BCUT2D eigenvalue weighted by Gasteiger charge is 2.20. The molecule has 0 aliphatic carbocycles. The van der Waals surface area contributed by atoms with Gasteiger partial charge in [0, 0.05) is 19.2 Å². The highest BCUT2D eigenvalue weighted by Crippen LogP contribution is 2.29. The SMILES string of the molecule is CCNC(=O)Nc1nc(-c2ccccc2F)c2nc(C(N)=S)n(C)c2n1. The zero-order valence-electron chi connectivity index (χ0n) is 14.1. The molecular formula is C16H16FN7OS. The summed E-state index contributed by atoms with van der Waals surface area (Å²) in [6.07, 6.45) is 0. The van der Waals surface area contributed by atoms with Crippen LogP contribution in [0.1, 0.15) is 12.7 Å². The highest BCUT2D eigenvalue weighted by atomic mass is 32.1. The standard InChI is InChI=1S/C16H16FN7OS/c1-3-19-16(25)23-15-21-10(8-6-4-5-7-9(8)17)11-13(22-15)24(2)14(20-11)12(18)26/h4-7H,3H2,1-2H3,(H2,18,26)(H2,19,21,22,23,25). The second kappa shape index (κ2) is 7.00. The number of urea groups is 1. The highest BCUT2D eigenvalue weighted by molar-refractivity contribution is 7.80. The van der Waals surface area contributed by atoms with Gasteiger partial charge in [-0.05, 0) is 19.1 Å². The fraction of sp³-hybridized carbons (Fsp3) is 0.188. The Balaban J connectivity index is 2.26. The Morgan fingerprint density at radius 2 is 2.04 bits per heavy atom. The third-order valence-corrected chi connectivity index (χ3v) is 3.81. The molecule has 0 radical (unpaired) electrons. The molecular weight excluding hydrogens is 357 g/mol. The van der Waals surface area contributed by atoms with Crippen molar-refractivity contribution in [1.82, 2.24) is 24.8 Å². The summed E-state index contributed by atoms with van der Waals surface area (Å²) in [5, 5.41) is 5.11. The molecule has 26 heavy (non-hydrogen) atoms. The fourth-order valence-electron chi connectivity index (χ4n) is 2.48. The van der Waals surface area contributed by atoms with Crippen LogP contribution in [-0.2, 0) is 7.05 Å². The molecule has 2 heterocycles. The number of nitrogens with zero attached hydrogens (tertiary/aromatic N) is 4. The van der Waals surface area contributed by atoms with Crippen molar-refractivity contribution < 1.29 is 9.18 Å². The summed E-state index contributed by atoms with van der Waals surface area (Å²) in [5.41, 5.74) is 6.87. The van der Waals surface area contributed by atoms with Gasteiger partial charge >= 0.3 is 6.03 Å². The summed E-state index contributed by atoms with van der Waals surface area (Å²) in [6, 6.07) is 5.67. The Bertz CT molecular complexity index is 1020. The minimum atomic E-state index is -0.473. The van der Waals surface area contributed by atoms with Crippen LogP contribution in [0.3, 0.4) is 0 Å². The van der Waals surface area contributed by atoms with Crippen LogP contribution in [0.2, 0.25) is 0 Å². The predicted molar refractivity (Wildman–Crippen MR) is 100 cm³/mol. The average molecular weight is 373 g/mol. The van der Waals surface area contributed by atoms with Gasteiger partial charge in [-0.15, -0.1) is 0 Å². The van der Waals surface area contributed by atoms with Gasteiger partial charge in [-0.3, -0.25) is 5.32 Å². The lowest BCUT2D eigenvalue weighted by Gasteiger charge is -2.08. The maximum Gasteiger partial charge on any atom is 0.321 e. The first-order valence-electron chi connectivity index (χ1n) is 7.76. The number of imidazole rings is 1. The molecule has 2 amide bonds. The fourth-order valence-corrected chi connectivity index (χ4v) is 2.67. The number of amides is 2. The number of carbonyl (C=O) groups excluding carboxylic acids is 1. The Kier molecular flexibility index (Phi) is 4.76. The molecule has 0 aliphatic rings. The maximum atomic E-state index is 14.3. The topological polar surface area (TPSA) is 111 Å². The van der Waals surface area contributed by atoms with E-state index in [0.29, 0.717) is 23.5 Å². The van der Waals surface area contributed by atoms with E-state index in [-0.39, 0.29) is 22.2 Å². The number of anilines is 1. The first kappa shape index (κ1) is 17.7. The smallest absolute Gasteiger partial charge is 0.321 e. The number of hydrogen-bond donors (Lipinski definition) is 3. The normalized spacial score (nSPS) is 10.7. The summed E-state index contributed by atoms with van der Waals surface area (Å²) in [6.45, 7) is 2.22. The summed E-state index contributed by atoms with van der Waals surface area (Å²) in [7, 11) is 1.68. The van der Waals surface area contributed by atoms with E-state index in [2.05, 4.69) is 25.6 Å². The van der Waals surface area contributed by atoms with Crippen molar-refractivity contribution >= 4 is 40.3 Å². The molecule has 3 rings (SSSR count). The second-order valence-corrected chi connectivity index (χ2v) is 5.83. The molecule has 0 unspecified atom stereocenters. The largest absolute Gasteiger partial charge is 0.387 e. The van der Waals surface area contributed by atoms with Gasteiger partial charge in [-0.1, -0.05) is 24.4 Å². The zero-order valence-corrected chi connectivity index (χ0v) is 14.9. The van der Waals surface area contributed by atoms with Gasteiger partial charge in [0.15, 0.2) is 11.5 Å².